The van der Waals surface area contributed by atoms with Crippen LogP contribution in [-0.2, 0) is 14.3 Å². The van der Waals surface area contributed by atoms with Crippen molar-refractivity contribution in [1.82, 2.24) is 15.1 Å². The molecule has 3 N–H and O–H groups in total. The molecular weight excluding hydrogens is 583 g/mol. The molecule has 1 aromatic carbocycles. The first kappa shape index (κ1) is 32.7. The van der Waals surface area contributed by atoms with Gasteiger partial charge in [0, 0.05) is 29.6 Å². The van der Waals surface area contributed by atoms with E-state index in [9.17, 15) is 28.7 Å². The van der Waals surface area contributed by atoms with Gasteiger partial charge in [-0.1, -0.05) is 6.42 Å². The monoisotopic (exact) mass is 628 g/mol. The number of aromatic carboxylic acids is 1. The van der Waals surface area contributed by atoms with Gasteiger partial charge < -0.3 is 29.8 Å². The number of rotatable bonds is 8. The van der Waals surface area contributed by atoms with Gasteiger partial charge in [0.1, 0.15) is 23.9 Å². The maximum Gasteiger partial charge on any atom is 0.407 e. The van der Waals surface area contributed by atoms with E-state index in [1.54, 1.807) is 43.9 Å². The lowest BCUT2D eigenvalue weighted by Gasteiger charge is -2.38. The number of amides is 3. The fourth-order valence-electron chi connectivity index (χ4n) is 7.16. The van der Waals surface area contributed by atoms with Crippen LogP contribution in [0.1, 0.15) is 82.7 Å². The van der Waals surface area contributed by atoms with Gasteiger partial charge in [0.15, 0.2) is 0 Å². The normalized spacial score (nSPS) is 25.1. The van der Waals surface area contributed by atoms with Gasteiger partial charge in [-0.25, -0.2) is 14.0 Å². The molecule has 1 aromatic heterocycles. The second-order valence-electron chi connectivity index (χ2n) is 13.6. The van der Waals surface area contributed by atoms with Crippen LogP contribution in [0.3, 0.4) is 0 Å². The molecule has 3 atom stereocenters. The van der Waals surface area contributed by atoms with Gasteiger partial charge in [-0.15, -0.1) is 0 Å². The highest BCUT2D eigenvalue weighted by atomic mass is 19.1. The number of likely N-dealkylation sites (tertiary alicyclic amines) is 2. The summed E-state index contributed by atoms with van der Waals surface area (Å²) in [6.45, 7) is 6.80. The summed E-state index contributed by atoms with van der Waals surface area (Å²) in [6, 6.07) is 4.93. The Bertz CT molecular complexity index is 1390. The molecule has 246 valence electrons. The Hall–Kier alpha value is -3.67. The molecule has 1 saturated carbocycles. The number of ether oxygens (including phenoxy) is 1. The second-order valence-corrected chi connectivity index (χ2v) is 13.6. The summed E-state index contributed by atoms with van der Waals surface area (Å²) in [4.78, 5) is 55.7. The molecule has 2 aliphatic heterocycles. The summed E-state index contributed by atoms with van der Waals surface area (Å²) in [6.07, 6.45) is 5.60. The highest BCUT2D eigenvalue weighted by molar-refractivity contribution is 6.00. The minimum atomic E-state index is -1.17. The lowest BCUT2D eigenvalue weighted by Crippen LogP contribution is -2.55. The maximum absolute atomic E-state index is 14.0. The van der Waals surface area contributed by atoms with E-state index in [4.69, 9.17) is 9.15 Å². The van der Waals surface area contributed by atoms with E-state index in [0.29, 0.717) is 55.3 Å². The van der Waals surface area contributed by atoms with Crippen LogP contribution in [0.5, 0.6) is 0 Å². The molecule has 2 saturated heterocycles. The van der Waals surface area contributed by atoms with Crippen molar-refractivity contribution in [2.45, 2.75) is 95.9 Å². The average molecular weight is 629 g/mol. The Morgan fingerprint density at radius 3 is 2.38 bits per heavy atom. The summed E-state index contributed by atoms with van der Waals surface area (Å²) < 4.78 is 24.6. The third-order valence-corrected chi connectivity index (χ3v) is 9.33. The molecule has 45 heavy (non-hydrogen) atoms. The number of halogens is 1. The van der Waals surface area contributed by atoms with Crippen LogP contribution in [0.2, 0.25) is 0 Å². The first-order valence-electron chi connectivity index (χ1n) is 16.1. The predicted molar refractivity (Wildman–Crippen MR) is 166 cm³/mol. The summed E-state index contributed by atoms with van der Waals surface area (Å²) >= 11 is 0. The lowest BCUT2D eigenvalue weighted by molar-refractivity contribution is -0.142. The van der Waals surface area contributed by atoms with Gasteiger partial charge in [-0.2, -0.15) is 0 Å². The number of piperidine rings is 1. The van der Waals surface area contributed by atoms with Gasteiger partial charge in [-0.05, 0) is 109 Å². The number of alkyl halides is 1. The largest absolute Gasteiger partial charge is 0.475 e. The molecule has 3 aliphatic rings. The first-order chi connectivity index (χ1) is 21.4. The maximum atomic E-state index is 14.0. The smallest absolute Gasteiger partial charge is 0.407 e. The molecule has 1 aliphatic carbocycles. The number of alkyl carbamates (subject to hydrolysis) is 1. The van der Waals surface area contributed by atoms with Crippen LogP contribution in [-0.4, -0.2) is 88.8 Å². The van der Waals surface area contributed by atoms with Crippen LogP contribution in [0.4, 0.5) is 14.9 Å². The molecule has 2 unspecified atom stereocenters. The summed E-state index contributed by atoms with van der Waals surface area (Å²) in [5, 5.41) is 15.5. The molecule has 0 radical (unpaired) electrons. The molecule has 0 bridgehead atoms. The molecule has 3 amide bonds. The Kier molecular flexibility index (Phi) is 10.0. The Morgan fingerprint density at radius 2 is 1.73 bits per heavy atom. The van der Waals surface area contributed by atoms with Crippen molar-refractivity contribution in [1.29, 1.82) is 0 Å². The van der Waals surface area contributed by atoms with Crippen molar-refractivity contribution in [2.24, 2.45) is 11.8 Å². The number of fused-ring (bicyclic) bond motifs is 1. The molecule has 5 rings (SSSR count). The van der Waals surface area contributed by atoms with Gasteiger partial charge in [0.2, 0.25) is 17.6 Å². The summed E-state index contributed by atoms with van der Waals surface area (Å²) in [7, 11) is 0. The number of furan rings is 1. The van der Waals surface area contributed by atoms with Crippen LogP contribution in [0, 0.1) is 11.8 Å². The predicted octanol–water partition coefficient (Wildman–Crippen LogP) is 5.19. The van der Waals surface area contributed by atoms with Crippen LogP contribution >= 0.6 is 0 Å². The van der Waals surface area contributed by atoms with Crippen molar-refractivity contribution in [3.63, 3.8) is 0 Å². The van der Waals surface area contributed by atoms with Crippen molar-refractivity contribution >= 4 is 40.5 Å². The summed E-state index contributed by atoms with van der Waals surface area (Å²) in [5.41, 5.74) is 0.216. The fourth-order valence-corrected chi connectivity index (χ4v) is 7.16. The van der Waals surface area contributed by atoms with Crippen molar-refractivity contribution < 1.29 is 37.8 Å². The average Bonchev–Trinajstić information content (AvgIpc) is 3.64. The molecule has 3 fully saturated rings. The fraction of sp³-hybridized carbons (Fsp3) is 0.636. The van der Waals surface area contributed by atoms with Crippen molar-refractivity contribution in [3.8, 4) is 0 Å². The number of nitrogens with zero attached hydrogens (tertiary/aromatic N) is 2. The van der Waals surface area contributed by atoms with Crippen LogP contribution in [0.15, 0.2) is 28.7 Å². The highest BCUT2D eigenvalue weighted by Crippen LogP contribution is 2.36. The quantitative estimate of drug-likeness (QED) is 0.363. The minimum Gasteiger partial charge on any atom is -0.475 e. The number of nitrogens with one attached hydrogen (secondary N) is 2. The Morgan fingerprint density at radius 1 is 1.02 bits per heavy atom. The van der Waals surface area contributed by atoms with Gasteiger partial charge in [0.05, 0.1) is 6.04 Å². The number of carboxylic acid groups (broad SMARTS) is 1. The molecule has 12 heteroatoms. The van der Waals surface area contributed by atoms with Crippen molar-refractivity contribution in [2.75, 3.05) is 31.6 Å². The number of carboxylic acids is 1. The number of benzene rings is 1. The zero-order chi connectivity index (χ0) is 32.3. The van der Waals surface area contributed by atoms with E-state index in [-0.39, 0.29) is 35.5 Å². The molecular formula is C33H45FN4O7. The number of anilines is 1. The Balaban J connectivity index is 1.27. The van der Waals surface area contributed by atoms with E-state index < -0.39 is 36.4 Å². The van der Waals surface area contributed by atoms with Gasteiger partial charge in [0.25, 0.3) is 0 Å². The number of hydrogen-bond donors (Lipinski definition) is 3. The standard InChI is InChI=1S/C33H45FN4O7/c1-33(2,3)45-32(43)36-24(19-34)20-7-9-21(10-8-20)30(40)38-16-13-25(37-14-5-4-6-15-37)28(38)29(39)35-23-11-12-26-22(17-23)18-27(44-26)31(41)42/h11-12,17-18,20-21,24-25,28H,4-10,13-16,19H2,1-3H3,(H,35,39)(H,36,43)(H,41,42)/t20?,21?,24-,25?,28?/m1/s1. The Labute approximate surface area is 262 Å². The lowest BCUT2D eigenvalue weighted by atomic mass is 9.78. The number of hydrogen-bond acceptors (Lipinski definition) is 7. The molecule has 11 nitrogen and oxygen atoms in total. The third kappa shape index (κ3) is 7.77. The van der Waals surface area contributed by atoms with E-state index in [1.807, 2.05) is 0 Å². The van der Waals surface area contributed by atoms with Gasteiger partial charge >= 0.3 is 12.1 Å². The second kappa shape index (κ2) is 13.8. The summed E-state index contributed by atoms with van der Waals surface area (Å²) in [5.74, 6) is -2.07. The topological polar surface area (TPSA) is 141 Å². The van der Waals surface area contributed by atoms with Crippen LogP contribution in [0.25, 0.3) is 11.0 Å². The van der Waals surface area contributed by atoms with Crippen LogP contribution < -0.4 is 10.6 Å². The number of carbonyl (C=O) groups is 4. The van der Waals surface area contributed by atoms with E-state index >= 15 is 0 Å². The molecule has 3 heterocycles. The SMILES string of the molecule is CC(C)(C)OC(=O)N[C@H](CF)C1CCC(C(=O)N2CCC(N3CCCCC3)C2C(=O)Nc2ccc3oc(C(=O)O)cc3c2)CC1. The van der Waals surface area contributed by atoms with E-state index in [2.05, 4.69) is 15.5 Å². The van der Waals surface area contributed by atoms with E-state index in [1.165, 1.54) is 6.07 Å². The van der Waals surface area contributed by atoms with E-state index in [0.717, 1.165) is 32.4 Å². The zero-order valence-electron chi connectivity index (χ0n) is 26.4. The van der Waals surface area contributed by atoms with Crippen molar-refractivity contribution in [3.05, 3.63) is 30.0 Å². The first-order valence-corrected chi connectivity index (χ1v) is 16.1. The molecule has 2 aromatic rings. The van der Waals surface area contributed by atoms with Gasteiger partial charge in [-0.3, -0.25) is 14.5 Å². The highest BCUT2D eigenvalue weighted by Gasteiger charge is 2.46. The number of carbonyl (C=O) groups excluding carboxylic acids is 3. The zero-order valence-corrected chi connectivity index (χ0v) is 26.4. The third-order valence-electron chi connectivity index (χ3n) is 9.33. The molecule has 0 spiro atoms. The minimum absolute atomic E-state index is 0.0543.